The van der Waals surface area contributed by atoms with E-state index in [-0.39, 0.29) is 42.5 Å². The number of carbonyl (C=O) groups excluding carboxylic acids is 1. The predicted octanol–water partition coefficient (Wildman–Crippen LogP) is 1.19. The Labute approximate surface area is 177 Å². The fourth-order valence-electron chi connectivity index (χ4n) is 3.46. The summed E-state index contributed by atoms with van der Waals surface area (Å²) in [7, 11) is 1.57. The fourth-order valence-corrected chi connectivity index (χ4v) is 3.62. The van der Waals surface area contributed by atoms with Crippen molar-refractivity contribution in [2.75, 3.05) is 25.6 Å². The van der Waals surface area contributed by atoms with Crippen LogP contribution in [0.3, 0.4) is 0 Å². The van der Waals surface area contributed by atoms with Crippen LogP contribution in [0.2, 0.25) is 5.15 Å². The van der Waals surface area contributed by atoms with Crippen LogP contribution in [0, 0.1) is 5.82 Å². The van der Waals surface area contributed by atoms with Crippen molar-refractivity contribution in [1.82, 2.24) is 19.9 Å². The second-order valence-electron chi connectivity index (χ2n) is 7.16. The van der Waals surface area contributed by atoms with E-state index in [2.05, 4.69) is 25.3 Å². The zero-order valence-corrected chi connectivity index (χ0v) is 16.9. The first kappa shape index (κ1) is 20.6. The smallest absolute Gasteiger partial charge is 0.272 e. The molecule has 0 aliphatic carbocycles. The summed E-state index contributed by atoms with van der Waals surface area (Å²) in [6, 6.07) is 0.983. The number of likely N-dealkylation sites (N-methyl/N-ethyl adjacent to an activating group) is 1. The molecule has 9 nitrogen and oxygen atoms in total. The molecule has 0 unspecified atom stereocenters. The lowest BCUT2D eigenvalue weighted by Crippen LogP contribution is -2.42. The molecule has 0 bridgehead atoms. The molecule has 0 spiro atoms. The molecule has 158 valence electrons. The molecule has 2 aliphatic heterocycles. The molecule has 1 amide bonds. The Morgan fingerprint density at radius 1 is 1.43 bits per heavy atom. The molecule has 2 atom stereocenters. The van der Waals surface area contributed by atoms with Crippen LogP contribution in [0.4, 0.5) is 10.2 Å². The molecule has 11 heteroatoms. The highest BCUT2D eigenvalue weighted by Crippen LogP contribution is 2.26. The van der Waals surface area contributed by atoms with Gasteiger partial charge in [0.15, 0.2) is 0 Å². The van der Waals surface area contributed by atoms with Crippen LogP contribution < -0.4 is 5.32 Å². The van der Waals surface area contributed by atoms with E-state index in [4.69, 9.17) is 16.3 Å². The van der Waals surface area contributed by atoms with Crippen molar-refractivity contribution in [3.63, 3.8) is 0 Å². The largest absolute Gasteiger partial charge is 0.389 e. The molecule has 30 heavy (non-hydrogen) atoms. The van der Waals surface area contributed by atoms with Crippen molar-refractivity contribution in [2.45, 2.75) is 31.7 Å². The Kier molecular flexibility index (Phi) is 5.89. The van der Waals surface area contributed by atoms with Crippen molar-refractivity contribution in [2.24, 2.45) is 4.99 Å². The van der Waals surface area contributed by atoms with Crippen LogP contribution in [0.5, 0.6) is 0 Å². The molecule has 2 aromatic rings. The molecule has 2 aliphatic rings. The zero-order chi connectivity index (χ0) is 21.3. The number of carbonyl (C=O) groups is 1. The Hall–Kier alpha value is -2.69. The van der Waals surface area contributed by atoms with Gasteiger partial charge in [-0.25, -0.2) is 19.3 Å². The summed E-state index contributed by atoms with van der Waals surface area (Å²) in [5, 5.41) is 13.5. The Morgan fingerprint density at radius 2 is 2.27 bits per heavy atom. The van der Waals surface area contributed by atoms with Gasteiger partial charge in [0.1, 0.15) is 28.8 Å². The van der Waals surface area contributed by atoms with Gasteiger partial charge in [0.05, 0.1) is 42.8 Å². The van der Waals surface area contributed by atoms with Gasteiger partial charge < -0.3 is 20.1 Å². The normalized spacial score (nSPS) is 20.5. The van der Waals surface area contributed by atoms with E-state index in [0.717, 1.165) is 6.20 Å². The Bertz CT molecular complexity index is 1000. The second kappa shape index (κ2) is 8.58. The number of pyridine rings is 1. The third kappa shape index (κ3) is 4.11. The highest BCUT2D eigenvalue weighted by molar-refractivity contribution is 6.47. The number of fused-ring (bicyclic) bond motifs is 1. The van der Waals surface area contributed by atoms with Crippen LogP contribution >= 0.6 is 11.6 Å². The maximum Gasteiger partial charge on any atom is 0.272 e. The highest BCUT2D eigenvalue weighted by atomic mass is 35.5. The molecule has 1 saturated heterocycles. The van der Waals surface area contributed by atoms with Crippen LogP contribution in [0.25, 0.3) is 0 Å². The van der Waals surface area contributed by atoms with Gasteiger partial charge in [-0.3, -0.25) is 9.79 Å². The Balaban J connectivity index is 1.56. The van der Waals surface area contributed by atoms with Gasteiger partial charge in [-0.2, -0.15) is 0 Å². The number of aromatic nitrogens is 3. The first-order chi connectivity index (χ1) is 14.4. The van der Waals surface area contributed by atoms with Crippen LogP contribution in [-0.2, 0) is 22.6 Å². The summed E-state index contributed by atoms with van der Waals surface area (Å²) in [4.78, 5) is 31.1. The molecule has 0 aromatic carbocycles. The summed E-state index contributed by atoms with van der Waals surface area (Å²) in [6.07, 6.45) is 2.33. The number of ether oxygens (including phenoxy) is 1. The molecule has 2 N–H and O–H groups in total. The lowest BCUT2D eigenvalue weighted by Gasteiger charge is -2.29. The number of nitrogens with one attached hydrogen (secondary N) is 1. The van der Waals surface area contributed by atoms with E-state index in [1.807, 2.05) is 0 Å². The minimum atomic E-state index is -0.688. The summed E-state index contributed by atoms with van der Waals surface area (Å²) in [5.74, 6) is -0.470. The monoisotopic (exact) mass is 434 g/mol. The molecule has 0 saturated carbocycles. The summed E-state index contributed by atoms with van der Waals surface area (Å²) in [5.41, 5.74) is 1.73. The molecular formula is C19H20ClFN6O3. The van der Waals surface area contributed by atoms with Crippen LogP contribution in [-0.4, -0.2) is 69.0 Å². The number of aliphatic hydroxyl groups excluding tert-OH is 1. The number of aliphatic hydroxyl groups is 1. The number of rotatable bonds is 5. The maximum absolute atomic E-state index is 13.5. The first-order valence-electron chi connectivity index (χ1n) is 9.40. The topological polar surface area (TPSA) is 113 Å². The maximum atomic E-state index is 13.5. The van der Waals surface area contributed by atoms with Gasteiger partial charge in [-0.1, -0.05) is 11.6 Å². The van der Waals surface area contributed by atoms with E-state index >= 15 is 0 Å². The van der Waals surface area contributed by atoms with Gasteiger partial charge >= 0.3 is 0 Å². The van der Waals surface area contributed by atoms with Gasteiger partial charge in [0, 0.05) is 25.8 Å². The molecule has 4 rings (SSSR count). The van der Waals surface area contributed by atoms with Gasteiger partial charge in [-0.05, 0) is 12.5 Å². The fraction of sp³-hybridized carbons (Fsp3) is 0.421. The lowest BCUT2D eigenvalue weighted by atomic mass is 10.0. The van der Waals surface area contributed by atoms with Crippen molar-refractivity contribution in [1.29, 1.82) is 0 Å². The minimum absolute atomic E-state index is 0.0614. The van der Waals surface area contributed by atoms with E-state index in [9.17, 15) is 14.3 Å². The van der Waals surface area contributed by atoms with Crippen molar-refractivity contribution < 1.29 is 19.0 Å². The van der Waals surface area contributed by atoms with Crippen molar-refractivity contribution in [3.8, 4) is 0 Å². The van der Waals surface area contributed by atoms with Crippen molar-refractivity contribution >= 4 is 29.0 Å². The standard InChI is InChI=1S/C19H20ClFN6O3/c1-27(7-10-4-11(21)5-23-17(10)20)19(29)16-15-13(6-22-16)24-9-25-18(15)26-12-2-3-30-8-14(12)28/h4-5,9,12,14,28H,2-3,6-8H2,1H3,(H,24,25,26)/t12-,14-/m1/s1. The average Bonchev–Trinajstić information content (AvgIpc) is 3.17. The second-order valence-corrected chi connectivity index (χ2v) is 7.51. The van der Waals surface area contributed by atoms with E-state index < -0.39 is 11.9 Å². The number of halogens is 2. The first-order valence-corrected chi connectivity index (χ1v) is 9.78. The van der Waals surface area contributed by atoms with E-state index in [1.165, 1.54) is 17.3 Å². The van der Waals surface area contributed by atoms with E-state index in [1.54, 1.807) is 7.05 Å². The zero-order valence-electron chi connectivity index (χ0n) is 16.2. The molecule has 0 radical (unpaired) electrons. The number of nitrogens with zero attached hydrogens (tertiary/aromatic N) is 5. The quantitative estimate of drug-likeness (QED) is 0.679. The summed E-state index contributed by atoms with van der Waals surface area (Å²) < 4.78 is 18.8. The SMILES string of the molecule is CN(Cc1cc(F)cnc1Cl)C(=O)C1=NCc2ncnc(N[C@@H]3CCOC[C@H]3O)c21. The number of aliphatic imine (C=N–C) groups is 1. The number of hydrogen-bond acceptors (Lipinski definition) is 8. The van der Waals surface area contributed by atoms with Crippen LogP contribution in [0.1, 0.15) is 23.2 Å². The lowest BCUT2D eigenvalue weighted by molar-refractivity contribution is -0.123. The van der Waals surface area contributed by atoms with Crippen molar-refractivity contribution in [3.05, 3.63) is 46.4 Å². The van der Waals surface area contributed by atoms with E-state index in [0.29, 0.717) is 35.7 Å². The number of anilines is 1. The molecule has 4 heterocycles. The summed E-state index contributed by atoms with van der Waals surface area (Å²) in [6.45, 7) is 1.06. The van der Waals surface area contributed by atoms with Gasteiger partial charge in [-0.15, -0.1) is 0 Å². The summed E-state index contributed by atoms with van der Waals surface area (Å²) >= 11 is 6.02. The molecule has 1 fully saturated rings. The van der Waals surface area contributed by atoms with Gasteiger partial charge in [0.25, 0.3) is 5.91 Å². The molecule has 2 aromatic heterocycles. The van der Waals surface area contributed by atoms with Crippen LogP contribution in [0.15, 0.2) is 23.6 Å². The number of amides is 1. The highest BCUT2D eigenvalue weighted by Gasteiger charge is 2.32. The third-order valence-electron chi connectivity index (χ3n) is 5.03. The minimum Gasteiger partial charge on any atom is -0.389 e. The Morgan fingerprint density at radius 3 is 3.07 bits per heavy atom. The average molecular weight is 435 g/mol. The molecular weight excluding hydrogens is 415 g/mol. The predicted molar refractivity (Wildman–Crippen MR) is 107 cm³/mol. The third-order valence-corrected chi connectivity index (χ3v) is 5.37. The number of hydrogen-bond donors (Lipinski definition) is 2. The van der Waals surface area contributed by atoms with Gasteiger partial charge in [0.2, 0.25) is 0 Å².